The number of hydrogen-bond acceptors (Lipinski definition) is 2. The Balaban J connectivity index is 1.63. The normalized spacial score (nSPS) is 22.5. The van der Waals surface area contributed by atoms with E-state index in [9.17, 15) is 4.79 Å². The van der Waals surface area contributed by atoms with Crippen molar-refractivity contribution in [2.45, 2.75) is 62.9 Å². The van der Waals surface area contributed by atoms with Gasteiger partial charge >= 0.3 is 0 Å². The van der Waals surface area contributed by atoms with Crippen LogP contribution in [0.3, 0.4) is 0 Å². The molecule has 3 nitrogen and oxygen atoms in total. The second kappa shape index (κ2) is 6.18. The third kappa shape index (κ3) is 3.65. The smallest absolute Gasteiger partial charge is 0.240 e. The summed E-state index contributed by atoms with van der Waals surface area (Å²) >= 11 is 0. The van der Waals surface area contributed by atoms with Gasteiger partial charge in [-0.2, -0.15) is 0 Å². The Morgan fingerprint density at radius 1 is 1.19 bits per heavy atom. The topological polar surface area (TPSA) is 55.1 Å². The van der Waals surface area contributed by atoms with Crippen molar-refractivity contribution in [1.82, 2.24) is 5.32 Å². The lowest BCUT2D eigenvalue weighted by Crippen LogP contribution is -2.57. The minimum Gasteiger partial charge on any atom is -0.351 e. The lowest BCUT2D eigenvalue weighted by molar-refractivity contribution is -0.128. The molecule has 0 aliphatic heterocycles. The molecule has 0 heterocycles. The van der Waals surface area contributed by atoms with E-state index in [1.54, 1.807) is 0 Å². The predicted molar refractivity (Wildman–Crippen MR) is 84.8 cm³/mol. The molecule has 2 saturated carbocycles. The lowest BCUT2D eigenvalue weighted by atomic mass is 9.81. The van der Waals surface area contributed by atoms with Crippen molar-refractivity contribution in [3.05, 3.63) is 35.9 Å². The second-order valence-electron chi connectivity index (χ2n) is 6.82. The molecule has 2 aliphatic carbocycles. The van der Waals surface area contributed by atoms with Crippen LogP contribution < -0.4 is 11.1 Å². The number of benzene rings is 1. The largest absolute Gasteiger partial charge is 0.351 e. The highest BCUT2D eigenvalue weighted by Crippen LogP contribution is 2.35. The van der Waals surface area contributed by atoms with Crippen molar-refractivity contribution < 1.29 is 4.79 Å². The summed E-state index contributed by atoms with van der Waals surface area (Å²) in [7, 11) is 0. The summed E-state index contributed by atoms with van der Waals surface area (Å²) < 4.78 is 0. The van der Waals surface area contributed by atoms with Gasteiger partial charge in [-0.3, -0.25) is 4.79 Å². The van der Waals surface area contributed by atoms with Crippen molar-refractivity contribution in [2.24, 2.45) is 11.7 Å². The Bertz CT molecular complexity index is 475. The minimum absolute atomic E-state index is 0.0787. The zero-order chi connectivity index (χ0) is 14.7. The molecule has 0 aromatic heterocycles. The highest BCUT2D eigenvalue weighted by atomic mass is 16.2. The SMILES string of the molecule is NC1(C(=O)NC(Cc2ccccc2)C2CC2)CCCCC1. The van der Waals surface area contributed by atoms with Crippen molar-refractivity contribution in [3.8, 4) is 0 Å². The first-order chi connectivity index (χ1) is 10.2. The molecule has 3 N–H and O–H groups in total. The van der Waals surface area contributed by atoms with Gasteiger partial charge in [0.25, 0.3) is 0 Å². The summed E-state index contributed by atoms with van der Waals surface area (Å²) in [6.45, 7) is 0. The quantitative estimate of drug-likeness (QED) is 0.874. The minimum atomic E-state index is -0.623. The fourth-order valence-corrected chi connectivity index (χ4v) is 3.42. The van der Waals surface area contributed by atoms with Gasteiger partial charge in [0.15, 0.2) is 0 Å². The molecule has 3 rings (SSSR count). The average molecular weight is 286 g/mol. The molecule has 0 saturated heterocycles. The summed E-state index contributed by atoms with van der Waals surface area (Å²) in [5.74, 6) is 0.719. The molecule has 0 radical (unpaired) electrons. The van der Waals surface area contributed by atoms with E-state index in [1.165, 1.54) is 24.8 Å². The van der Waals surface area contributed by atoms with Gasteiger partial charge < -0.3 is 11.1 Å². The summed E-state index contributed by atoms with van der Waals surface area (Å²) in [6.07, 6.45) is 8.43. The van der Waals surface area contributed by atoms with Gasteiger partial charge in [0, 0.05) is 6.04 Å². The lowest BCUT2D eigenvalue weighted by Gasteiger charge is -2.33. The van der Waals surface area contributed by atoms with Crippen LogP contribution >= 0.6 is 0 Å². The Labute approximate surface area is 127 Å². The highest BCUT2D eigenvalue weighted by Gasteiger charge is 2.39. The molecule has 21 heavy (non-hydrogen) atoms. The average Bonchev–Trinajstić information content (AvgIpc) is 3.33. The number of rotatable bonds is 5. The van der Waals surface area contributed by atoms with Gasteiger partial charge in [-0.1, -0.05) is 49.6 Å². The van der Waals surface area contributed by atoms with Gasteiger partial charge in [-0.25, -0.2) is 0 Å². The van der Waals surface area contributed by atoms with Crippen LogP contribution in [0.1, 0.15) is 50.5 Å². The number of hydrogen-bond donors (Lipinski definition) is 2. The van der Waals surface area contributed by atoms with Gasteiger partial charge in [0.05, 0.1) is 5.54 Å². The van der Waals surface area contributed by atoms with Crippen LogP contribution in [0.5, 0.6) is 0 Å². The molecule has 0 bridgehead atoms. The van der Waals surface area contributed by atoms with Gasteiger partial charge in [0.1, 0.15) is 0 Å². The van der Waals surface area contributed by atoms with Crippen molar-refractivity contribution >= 4 is 5.91 Å². The van der Waals surface area contributed by atoms with Crippen LogP contribution in [0, 0.1) is 5.92 Å². The summed E-state index contributed by atoms with van der Waals surface area (Å²) in [5.41, 5.74) is 7.03. The van der Waals surface area contributed by atoms with E-state index in [1.807, 2.05) is 6.07 Å². The molecule has 2 aliphatic rings. The van der Waals surface area contributed by atoms with Crippen LogP contribution in [0.2, 0.25) is 0 Å². The summed E-state index contributed by atoms with van der Waals surface area (Å²) in [5, 5.41) is 3.27. The van der Waals surface area contributed by atoms with E-state index in [0.717, 1.165) is 32.1 Å². The third-order valence-corrected chi connectivity index (χ3v) is 5.00. The third-order valence-electron chi connectivity index (χ3n) is 5.00. The van der Waals surface area contributed by atoms with Crippen LogP contribution in [0.4, 0.5) is 0 Å². The van der Waals surface area contributed by atoms with E-state index in [-0.39, 0.29) is 11.9 Å². The maximum Gasteiger partial charge on any atom is 0.240 e. The molecule has 1 aromatic carbocycles. The highest BCUT2D eigenvalue weighted by molar-refractivity contribution is 5.86. The maximum atomic E-state index is 12.6. The molecule has 3 heteroatoms. The van der Waals surface area contributed by atoms with E-state index in [2.05, 4.69) is 29.6 Å². The number of nitrogens with two attached hydrogens (primary N) is 1. The first kappa shape index (κ1) is 14.6. The van der Waals surface area contributed by atoms with Crippen LogP contribution in [-0.2, 0) is 11.2 Å². The number of nitrogens with one attached hydrogen (secondary N) is 1. The first-order valence-corrected chi connectivity index (χ1v) is 8.31. The Kier molecular flexibility index (Phi) is 4.29. The monoisotopic (exact) mass is 286 g/mol. The van der Waals surface area contributed by atoms with Crippen molar-refractivity contribution in [2.75, 3.05) is 0 Å². The van der Waals surface area contributed by atoms with Crippen LogP contribution in [-0.4, -0.2) is 17.5 Å². The van der Waals surface area contributed by atoms with Gasteiger partial charge in [-0.05, 0) is 43.6 Å². The molecule has 0 spiro atoms. The molecular formula is C18H26N2O. The molecule has 1 atom stereocenters. The van der Waals surface area contributed by atoms with E-state index in [4.69, 9.17) is 5.73 Å². The molecular weight excluding hydrogens is 260 g/mol. The van der Waals surface area contributed by atoms with Crippen molar-refractivity contribution in [1.29, 1.82) is 0 Å². The van der Waals surface area contributed by atoms with Crippen molar-refractivity contribution in [3.63, 3.8) is 0 Å². The Morgan fingerprint density at radius 3 is 2.48 bits per heavy atom. The molecule has 114 valence electrons. The summed E-state index contributed by atoms with van der Waals surface area (Å²) in [4.78, 5) is 12.6. The van der Waals surface area contributed by atoms with Gasteiger partial charge in [0.2, 0.25) is 5.91 Å². The molecule has 2 fully saturated rings. The Hall–Kier alpha value is -1.35. The second-order valence-corrected chi connectivity index (χ2v) is 6.82. The zero-order valence-electron chi connectivity index (χ0n) is 12.7. The van der Waals surface area contributed by atoms with E-state index < -0.39 is 5.54 Å². The zero-order valence-corrected chi connectivity index (χ0v) is 12.7. The van der Waals surface area contributed by atoms with Crippen LogP contribution in [0.25, 0.3) is 0 Å². The Morgan fingerprint density at radius 2 is 1.86 bits per heavy atom. The number of carbonyl (C=O) groups excluding carboxylic acids is 1. The first-order valence-electron chi connectivity index (χ1n) is 8.31. The summed E-state index contributed by atoms with van der Waals surface area (Å²) in [6, 6.07) is 10.7. The molecule has 1 unspecified atom stereocenters. The fraction of sp³-hybridized carbons (Fsp3) is 0.611. The standard InChI is InChI=1S/C18H26N2O/c19-18(11-5-2-6-12-18)17(21)20-16(15-9-10-15)13-14-7-3-1-4-8-14/h1,3-4,7-8,15-16H,2,5-6,9-13,19H2,(H,20,21). The fourth-order valence-electron chi connectivity index (χ4n) is 3.42. The van der Waals surface area contributed by atoms with E-state index >= 15 is 0 Å². The van der Waals surface area contributed by atoms with E-state index in [0.29, 0.717) is 5.92 Å². The number of amides is 1. The maximum absolute atomic E-state index is 12.6. The molecule has 1 amide bonds. The van der Waals surface area contributed by atoms with Crippen LogP contribution in [0.15, 0.2) is 30.3 Å². The molecule has 1 aromatic rings. The number of carbonyl (C=O) groups is 1. The predicted octanol–water partition coefficient (Wildman–Crippen LogP) is 2.79. The van der Waals surface area contributed by atoms with Gasteiger partial charge in [-0.15, -0.1) is 0 Å².